The lowest BCUT2D eigenvalue weighted by molar-refractivity contribution is -0.123. The van der Waals surface area contributed by atoms with Gasteiger partial charge in [0.2, 0.25) is 11.8 Å². The molecule has 12 heteroatoms. The molecule has 0 N–H and O–H groups in total. The number of carbonyl (C=O) groups is 2. The lowest BCUT2D eigenvalue weighted by Crippen LogP contribution is -2.64. The fourth-order valence-electron chi connectivity index (χ4n) is 6.46. The van der Waals surface area contributed by atoms with Crippen LogP contribution in [0.3, 0.4) is 0 Å². The van der Waals surface area contributed by atoms with E-state index in [9.17, 15) is 14.0 Å². The molecule has 3 aliphatic heterocycles. The molecule has 2 aromatic rings. The number of hydrogen-bond donors (Lipinski definition) is 0. The third-order valence-corrected chi connectivity index (χ3v) is 8.59. The molecule has 0 bridgehead atoms. The number of fused-ring (bicyclic) bond motifs is 1. The number of rotatable bonds is 8. The molecule has 252 valence electrons. The van der Waals surface area contributed by atoms with Crippen LogP contribution in [0.15, 0.2) is 36.5 Å². The monoisotopic (exact) mass is 641 g/mol. The van der Waals surface area contributed by atoms with E-state index in [0.717, 1.165) is 24.2 Å². The Bertz CT molecular complexity index is 1350. The van der Waals surface area contributed by atoms with Crippen LogP contribution >= 0.6 is 0 Å². The molecule has 4 atom stereocenters. The van der Waals surface area contributed by atoms with Crippen molar-refractivity contribution < 1.29 is 32.9 Å². The number of piperazine rings is 1. The molecule has 3 aliphatic rings. The maximum absolute atomic E-state index is 14.4. The Morgan fingerprint density at radius 3 is 2.52 bits per heavy atom. The van der Waals surface area contributed by atoms with Gasteiger partial charge < -0.3 is 23.8 Å². The van der Waals surface area contributed by atoms with Gasteiger partial charge in [0.05, 0.1) is 31.9 Å². The fourth-order valence-corrected chi connectivity index (χ4v) is 6.46. The maximum atomic E-state index is 14.4. The van der Waals surface area contributed by atoms with Gasteiger partial charge in [-0.15, -0.1) is 0 Å². The van der Waals surface area contributed by atoms with Crippen molar-refractivity contribution in [2.24, 2.45) is 0 Å². The van der Waals surface area contributed by atoms with Crippen LogP contribution in [0.5, 0.6) is 5.88 Å². The van der Waals surface area contributed by atoms with E-state index < -0.39 is 5.60 Å². The largest absolute Gasteiger partial charge is 0.474 e. The van der Waals surface area contributed by atoms with Crippen molar-refractivity contribution in [1.82, 2.24) is 19.7 Å². The Morgan fingerprint density at radius 1 is 1.07 bits per heavy atom. The van der Waals surface area contributed by atoms with Gasteiger partial charge in [-0.25, -0.2) is 14.2 Å². The molecule has 0 radical (unpaired) electrons. The van der Waals surface area contributed by atoms with Gasteiger partial charge in [-0.1, -0.05) is 12.1 Å². The molecule has 46 heavy (non-hydrogen) atoms. The molecular weight excluding hydrogens is 593 g/mol. The van der Waals surface area contributed by atoms with Gasteiger partial charge in [0.25, 0.3) is 0 Å². The van der Waals surface area contributed by atoms with E-state index in [0.29, 0.717) is 50.8 Å². The van der Waals surface area contributed by atoms with Crippen molar-refractivity contribution >= 4 is 17.7 Å². The van der Waals surface area contributed by atoms with Crippen LogP contribution in [0.2, 0.25) is 0 Å². The average molecular weight is 642 g/mol. The summed E-state index contributed by atoms with van der Waals surface area (Å²) >= 11 is 0. The van der Waals surface area contributed by atoms with Gasteiger partial charge in [-0.05, 0) is 70.4 Å². The molecular formula is C34H48FN5O6. The predicted molar refractivity (Wildman–Crippen MR) is 172 cm³/mol. The maximum Gasteiger partial charge on any atom is 0.410 e. The van der Waals surface area contributed by atoms with Gasteiger partial charge in [-0.2, -0.15) is 0 Å². The topological polar surface area (TPSA) is 96.9 Å². The van der Waals surface area contributed by atoms with Crippen molar-refractivity contribution in [2.75, 3.05) is 71.1 Å². The Morgan fingerprint density at radius 2 is 1.83 bits per heavy atom. The number of aromatic nitrogens is 1. The van der Waals surface area contributed by atoms with Crippen molar-refractivity contribution in [1.29, 1.82) is 0 Å². The van der Waals surface area contributed by atoms with Crippen LogP contribution < -0.4 is 9.64 Å². The molecule has 2 fully saturated rings. The summed E-state index contributed by atoms with van der Waals surface area (Å²) in [7, 11) is 1.61. The number of benzene rings is 1. The predicted octanol–water partition coefficient (Wildman–Crippen LogP) is 3.58. The van der Waals surface area contributed by atoms with E-state index in [4.69, 9.17) is 18.9 Å². The Kier molecular flexibility index (Phi) is 10.8. The summed E-state index contributed by atoms with van der Waals surface area (Å²) in [4.78, 5) is 40.3. The number of nitrogens with zero attached hydrogens (tertiary/aromatic N) is 5. The minimum Gasteiger partial charge on any atom is -0.474 e. The zero-order chi connectivity index (χ0) is 33.0. The molecule has 4 heterocycles. The van der Waals surface area contributed by atoms with E-state index in [1.54, 1.807) is 35.2 Å². The quantitative estimate of drug-likeness (QED) is 0.429. The first-order valence-corrected chi connectivity index (χ1v) is 16.1. The molecule has 0 saturated carbocycles. The summed E-state index contributed by atoms with van der Waals surface area (Å²) in [5.74, 6) is 0.0127. The summed E-state index contributed by atoms with van der Waals surface area (Å²) in [6.45, 7) is 14.3. The average Bonchev–Trinajstić information content (AvgIpc) is 2.98. The summed E-state index contributed by atoms with van der Waals surface area (Å²) in [6.07, 6.45) is 2.04. The second kappa shape index (κ2) is 14.6. The van der Waals surface area contributed by atoms with Crippen molar-refractivity contribution in [3.8, 4) is 5.88 Å². The highest BCUT2D eigenvalue weighted by atomic mass is 19.1. The van der Waals surface area contributed by atoms with E-state index >= 15 is 0 Å². The molecule has 2 amide bonds. The first kappa shape index (κ1) is 34.0. The molecule has 5 rings (SSSR count). The second-order valence-electron chi connectivity index (χ2n) is 13.7. The normalized spacial score (nSPS) is 24.3. The number of anilines is 1. The Labute approximate surface area is 271 Å². The number of ether oxygens (including phenoxy) is 4. The number of halogens is 1. The first-order chi connectivity index (χ1) is 21.9. The number of methoxy groups -OCH3 is 1. The molecule has 0 aliphatic carbocycles. The Balaban J connectivity index is 1.39. The number of morpholine rings is 1. The van der Waals surface area contributed by atoms with Gasteiger partial charge >= 0.3 is 6.09 Å². The van der Waals surface area contributed by atoms with Crippen LogP contribution in [0.25, 0.3) is 0 Å². The zero-order valence-corrected chi connectivity index (χ0v) is 27.9. The van der Waals surface area contributed by atoms with E-state index in [2.05, 4.69) is 21.7 Å². The number of hydrogen-bond acceptors (Lipinski definition) is 9. The second-order valence-corrected chi connectivity index (χ2v) is 13.7. The highest BCUT2D eigenvalue weighted by molar-refractivity contribution is 5.97. The standard InChI is InChI=1S/C34H48FN5O6/c1-23-16-38(28(18-37-11-12-44-24(2)17-37)19-39(23)33(42)46-34(3,4)5)20-31(41)40-29(21-43-6)22-45-32-30(40)14-26(15-36-32)13-25-7-9-27(35)10-8-25/h7-10,14-15,23-24,28-29H,11-13,16-22H2,1-6H3/t23-,24-,28+,29+/m1/s1. The van der Waals surface area contributed by atoms with Gasteiger partial charge in [0, 0.05) is 58.1 Å². The third kappa shape index (κ3) is 8.52. The van der Waals surface area contributed by atoms with Gasteiger partial charge in [0.1, 0.15) is 23.7 Å². The van der Waals surface area contributed by atoms with E-state index in [1.807, 2.05) is 33.8 Å². The fraction of sp³-hybridized carbons (Fsp3) is 0.618. The third-order valence-electron chi connectivity index (χ3n) is 8.59. The van der Waals surface area contributed by atoms with Crippen LogP contribution in [0, 0.1) is 5.82 Å². The molecule has 1 aromatic carbocycles. The van der Waals surface area contributed by atoms with Gasteiger partial charge in [0.15, 0.2) is 0 Å². The summed E-state index contributed by atoms with van der Waals surface area (Å²) < 4.78 is 36.5. The first-order valence-electron chi connectivity index (χ1n) is 16.1. The molecule has 11 nitrogen and oxygen atoms in total. The molecule has 2 saturated heterocycles. The summed E-state index contributed by atoms with van der Waals surface area (Å²) in [6, 6.07) is 7.71. The summed E-state index contributed by atoms with van der Waals surface area (Å²) in [5, 5.41) is 0. The van der Waals surface area contributed by atoms with Crippen LogP contribution in [0.4, 0.5) is 14.9 Å². The zero-order valence-electron chi connectivity index (χ0n) is 27.9. The molecule has 0 spiro atoms. The molecule has 0 unspecified atom stereocenters. The smallest absolute Gasteiger partial charge is 0.410 e. The van der Waals surface area contributed by atoms with E-state index in [1.165, 1.54) is 12.1 Å². The lowest BCUT2D eigenvalue weighted by atomic mass is 10.0. The summed E-state index contributed by atoms with van der Waals surface area (Å²) in [5.41, 5.74) is 1.80. The van der Waals surface area contributed by atoms with Crippen LogP contribution in [0.1, 0.15) is 45.7 Å². The number of pyridine rings is 1. The minimum atomic E-state index is -0.608. The lowest BCUT2D eigenvalue weighted by Gasteiger charge is -2.47. The highest BCUT2D eigenvalue weighted by Crippen LogP contribution is 2.34. The minimum absolute atomic E-state index is 0.0920. The van der Waals surface area contributed by atoms with Crippen LogP contribution in [-0.4, -0.2) is 128 Å². The number of amides is 2. The van der Waals surface area contributed by atoms with Gasteiger partial charge in [-0.3, -0.25) is 19.5 Å². The molecule has 1 aromatic heterocycles. The van der Waals surface area contributed by atoms with Crippen molar-refractivity contribution in [3.63, 3.8) is 0 Å². The van der Waals surface area contributed by atoms with Crippen LogP contribution in [-0.2, 0) is 25.4 Å². The van der Waals surface area contributed by atoms with E-state index in [-0.39, 0.29) is 55.2 Å². The Hall–Kier alpha value is -3.32. The highest BCUT2D eigenvalue weighted by Gasteiger charge is 2.40. The van der Waals surface area contributed by atoms with Crippen molar-refractivity contribution in [3.05, 3.63) is 53.5 Å². The SMILES string of the molecule is COC[C@H]1COc2ncc(Cc3ccc(F)cc3)cc2N1C(=O)CN1C[C@@H](C)N(C(=O)OC(C)(C)C)C[C@@H]1CN1CCO[C@H](C)C1. The van der Waals surface area contributed by atoms with Crippen molar-refractivity contribution in [2.45, 2.75) is 70.9 Å². The number of carbonyl (C=O) groups excluding carboxylic acids is 2.